The van der Waals surface area contributed by atoms with Crippen LogP contribution in [0, 0.1) is 0 Å². The maximum absolute atomic E-state index is 13.0. The second-order valence-corrected chi connectivity index (χ2v) is 7.40. The third-order valence-corrected chi connectivity index (χ3v) is 3.71. The fraction of sp³-hybridized carbons (Fsp3) is 0.632. The first-order valence-corrected chi connectivity index (χ1v) is 9.40. The molecule has 168 valence electrons. The van der Waals surface area contributed by atoms with E-state index in [-0.39, 0.29) is 24.5 Å². The van der Waals surface area contributed by atoms with Gasteiger partial charge in [-0.2, -0.15) is 13.2 Å². The predicted octanol–water partition coefficient (Wildman–Crippen LogP) is 3.80. The smallest absolute Gasteiger partial charge is 0.442 e. The maximum Gasteiger partial charge on any atom is 0.442 e. The zero-order valence-corrected chi connectivity index (χ0v) is 17.1. The summed E-state index contributed by atoms with van der Waals surface area (Å²) in [6.07, 6.45) is -5.08. The van der Waals surface area contributed by atoms with E-state index in [0.29, 0.717) is 26.4 Å². The number of halogens is 3. The first kappa shape index (κ1) is 23.9. The minimum Gasteiger partial charge on any atom is -0.491 e. The lowest BCUT2D eigenvalue weighted by atomic mass is 10.0. The van der Waals surface area contributed by atoms with Crippen molar-refractivity contribution in [2.24, 2.45) is 10.2 Å². The molecule has 0 bridgehead atoms. The average molecular weight is 433 g/mol. The zero-order valence-electron chi connectivity index (χ0n) is 17.1. The summed E-state index contributed by atoms with van der Waals surface area (Å²) in [7, 11) is 0. The van der Waals surface area contributed by atoms with Crippen LogP contribution in [0.5, 0.6) is 5.75 Å². The van der Waals surface area contributed by atoms with Gasteiger partial charge in [0.15, 0.2) is 0 Å². The molecule has 30 heavy (non-hydrogen) atoms. The van der Waals surface area contributed by atoms with Gasteiger partial charge in [-0.25, -0.2) is 4.79 Å². The highest BCUT2D eigenvalue weighted by Gasteiger charge is 2.65. The van der Waals surface area contributed by atoms with Crippen molar-refractivity contribution in [3.05, 3.63) is 29.8 Å². The van der Waals surface area contributed by atoms with Gasteiger partial charge in [0.2, 0.25) is 0 Å². The first-order chi connectivity index (χ1) is 14.0. The lowest BCUT2D eigenvalue weighted by Crippen LogP contribution is -2.34. The van der Waals surface area contributed by atoms with E-state index in [2.05, 4.69) is 15.5 Å². The van der Waals surface area contributed by atoms with Crippen LogP contribution in [0.3, 0.4) is 0 Å². The first-order valence-electron chi connectivity index (χ1n) is 9.40. The van der Waals surface area contributed by atoms with Gasteiger partial charge in [0.25, 0.3) is 0 Å². The van der Waals surface area contributed by atoms with Crippen LogP contribution in [0.4, 0.5) is 18.0 Å². The molecular formula is C19H26F3N3O5. The Morgan fingerprint density at radius 2 is 1.67 bits per heavy atom. The molecule has 0 aliphatic carbocycles. The second-order valence-electron chi connectivity index (χ2n) is 7.40. The molecule has 0 aromatic heterocycles. The van der Waals surface area contributed by atoms with Crippen molar-refractivity contribution in [1.82, 2.24) is 5.32 Å². The molecule has 0 unspecified atom stereocenters. The summed E-state index contributed by atoms with van der Waals surface area (Å²) in [5.41, 5.74) is -3.09. The van der Waals surface area contributed by atoms with Crippen LogP contribution >= 0.6 is 0 Å². The number of alkyl carbamates (subject to hydrolysis) is 1. The molecule has 1 aromatic rings. The van der Waals surface area contributed by atoms with E-state index in [1.807, 2.05) is 0 Å². The summed E-state index contributed by atoms with van der Waals surface area (Å²) >= 11 is 0. The number of benzene rings is 1. The highest BCUT2D eigenvalue weighted by Crippen LogP contribution is 2.52. The maximum atomic E-state index is 13.0. The SMILES string of the molecule is CC(C)(C)OC(=O)NCCOCCOCCOc1cccc(C2(C(F)(F)F)N=N2)c1. The van der Waals surface area contributed by atoms with E-state index >= 15 is 0 Å². The molecule has 1 aliphatic rings. The molecule has 2 rings (SSSR count). The lowest BCUT2D eigenvalue weighted by Gasteiger charge is -2.19. The summed E-state index contributed by atoms with van der Waals surface area (Å²) in [6, 6.07) is 5.60. The molecule has 1 amide bonds. The van der Waals surface area contributed by atoms with Crippen molar-refractivity contribution in [3.63, 3.8) is 0 Å². The lowest BCUT2D eigenvalue weighted by molar-refractivity contribution is -0.166. The molecule has 8 nitrogen and oxygen atoms in total. The number of nitrogens with zero attached hydrogens (tertiary/aromatic N) is 2. The third kappa shape index (κ3) is 7.45. The van der Waals surface area contributed by atoms with E-state index in [9.17, 15) is 18.0 Å². The monoisotopic (exact) mass is 433 g/mol. The number of nitrogens with one attached hydrogen (secondary N) is 1. The van der Waals surface area contributed by atoms with Gasteiger partial charge in [-0.1, -0.05) is 12.1 Å². The standard InChI is InChI=1S/C19H26F3N3O5/c1-17(2,3)30-16(26)23-7-8-27-9-10-28-11-12-29-15-6-4-5-14(13-15)18(24-25-18)19(20,21)22/h4-6,13H,7-12H2,1-3H3,(H,23,26). The number of carbonyl (C=O) groups is 1. The predicted molar refractivity (Wildman–Crippen MR) is 100 cm³/mol. The van der Waals surface area contributed by atoms with E-state index in [1.54, 1.807) is 26.8 Å². The molecule has 0 saturated heterocycles. The Morgan fingerprint density at radius 1 is 1.03 bits per heavy atom. The molecule has 0 saturated carbocycles. The van der Waals surface area contributed by atoms with Gasteiger partial charge in [-0.3, -0.25) is 0 Å². The van der Waals surface area contributed by atoms with Crippen LogP contribution < -0.4 is 10.1 Å². The van der Waals surface area contributed by atoms with Crippen LogP contribution in [0.15, 0.2) is 34.5 Å². The Hall–Kier alpha value is -2.40. The number of rotatable bonds is 11. The second kappa shape index (κ2) is 10.1. The van der Waals surface area contributed by atoms with Crippen molar-refractivity contribution in [2.75, 3.05) is 39.6 Å². The average Bonchev–Trinajstić information content (AvgIpc) is 3.44. The number of hydrogen-bond donors (Lipinski definition) is 1. The quantitative estimate of drug-likeness (QED) is 0.536. The van der Waals surface area contributed by atoms with Gasteiger partial charge in [-0.15, -0.1) is 10.2 Å². The fourth-order valence-corrected chi connectivity index (χ4v) is 2.33. The zero-order chi connectivity index (χ0) is 22.3. The Balaban J connectivity index is 1.53. The number of ether oxygens (including phenoxy) is 4. The number of alkyl halides is 3. The minimum absolute atomic E-state index is 0.0817. The summed E-state index contributed by atoms with van der Waals surface area (Å²) in [5, 5.41) is 8.90. The van der Waals surface area contributed by atoms with Crippen LogP contribution in [-0.2, 0) is 19.9 Å². The molecule has 0 radical (unpaired) electrons. The van der Waals surface area contributed by atoms with Gasteiger partial charge in [-0.05, 0) is 32.9 Å². The van der Waals surface area contributed by atoms with Crippen molar-refractivity contribution >= 4 is 6.09 Å². The molecule has 1 N–H and O–H groups in total. The molecule has 1 aromatic carbocycles. The number of amides is 1. The normalized spacial score (nSPS) is 15.0. The van der Waals surface area contributed by atoms with E-state index in [1.165, 1.54) is 18.2 Å². The summed E-state index contributed by atoms with van der Waals surface area (Å²) in [6.45, 7) is 6.98. The topological polar surface area (TPSA) is 90.7 Å². The molecule has 0 fully saturated rings. The van der Waals surface area contributed by atoms with E-state index < -0.39 is 23.5 Å². The fourth-order valence-electron chi connectivity index (χ4n) is 2.33. The van der Waals surface area contributed by atoms with Crippen LogP contribution in [0.2, 0.25) is 0 Å². The Morgan fingerprint density at radius 3 is 2.27 bits per heavy atom. The molecular weight excluding hydrogens is 407 g/mol. The van der Waals surface area contributed by atoms with E-state index in [0.717, 1.165) is 0 Å². The minimum atomic E-state index is -4.57. The van der Waals surface area contributed by atoms with Gasteiger partial charge in [0.05, 0.1) is 26.4 Å². The summed E-state index contributed by atoms with van der Waals surface area (Å²) < 4.78 is 60.2. The largest absolute Gasteiger partial charge is 0.491 e. The van der Waals surface area contributed by atoms with Crippen molar-refractivity contribution in [1.29, 1.82) is 0 Å². The van der Waals surface area contributed by atoms with E-state index in [4.69, 9.17) is 18.9 Å². The highest BCUT2D eigenvalue weighted by atomic mass is 19.4. The van der Waals surface area contributed by atoms with Crippen LogP contribution in [0.25, 0.3) is 0 Å². The summed E-state index contributed by atoms with van der Waals surface area (Å²) in [4.78, 5) is 11.4. The molecule has 11 heteroatoms. The summed E-state index contributed by atoms with van der Waals surface area (Å²) in [5.74, 6) is 0.279. The Bertz CT molecular complexity index is 729. The Labute approximate surface area is 172 Å². The third-order valence-electron chi connectivity index (χ3n) is 3.71. The van der Waals surface area contributed by atoms with Gasteiger partial charge in [0.1, 0.15) is 18.0 Å². The molecule has 1 aliphatic heterocycles. The van der Waals surface area contributed by atoms with Gasteiger partial charge < -0.3 is 24.3 Å². The van der Waals surface area contributed by atoms with Crippen molar-refractivity contribution < 1.29 is 36.9 Å². The van der Waals surface area contributed by atoms with Crippen molar-refractivity contribution in [2.45, 2.75) is 38.2 Å². The molecule has 0 spiro atoms. The number of carbonyl (C=O) groups excluding carboxylic acids is 1. The molecule has 0 atom stereocenters. The van der Waals surface area contributed by atoms with Crippen LogP contribution in [-0.4, -0.2) is 57.4 Å². The van der Waals surface area contributed by atoms with Gasteiger partial charge in [0, 0.05) is 12.1 Å². The molecule has 1 heterocycles. The highest BCUT2D eigenvalue weighted by molar-refractivity contribution is 5.67. The Kier molecular flexibility index (Phi) is 8.02. The van der Waals surface area contributed by atoms with Crippen LogP contribution in [0.1, 0.15) is 26.3 Å². The van der Waals surface area contributed by atoms with Gasteiger partial charge >= 0.3 is 17.9 Å². The van der Waals surface area contributed by atoms with Crippen molar-refractivity contribution in [3.8, 4) is 5.75 Å². The number of hydrogen-bond acceptors (Lipinski definition) is 7.